The van der Waals surface area contributed by atoms with E-state index in [1.54, 1.807) is 6.07 Å². The van der Waals surface area contributed by atoms with Crippen LogP contribution in [0.2, 0.25) is 0 Å². The maximum atomic E-state index is 10.3. The summed E-state index contributed by atoms with van der Waals surface area (Å²) < 4.78 is 0. The fourth-order valence-electron chi connectivity index (χ4n) is 1.15. The molecule has 0 saturated heterocycles. The highest BCUT2D eigenvalue weighted by Crippen LogP contribution is 1.98. The fourth-order valence-corrected chi connectivity index (χ4v) is 1.15. The summed E-state index contributed by atoms with van der Waals surface area (Å²) >= 11 is 0. The number of carbonyl (C=O) groups is 1. The Balaban J connectivity index is 0.000000325. The number of carboxylic acids is 1. The van der Waals surface area contributed by atoms with E-state index in [1.165, 1.54) is 37.9 Å². The predicted octanol–water partition coefficient (Wildman–Crippen LogP) is 3.67. The minimum atomic E-state index is -0.983. The van der Waals surface area contributed by atoms with Gasteiger partial charge in [-0.2, -0.15) is 0 Å². The number of aromatic carboxylic acids is 1. The van der Waals surface area contributed by atoms with Gasteiger partial charge in [0.05, 0.1) is 0 Å². The van der Waals surface area contributed by atoms with E-state index in [1.807, 2.05) is 6.92 Å². The molecule has 1 N–H and O–H groups in total. The molecule has 1 rings (SSSR count). The van der Waals surface area contributed by atoms with Crippen LogP contribution >= 0.6 is 0 Å². The minimum Gasteiger partial charge on any atom is -0.477 e. The number of aryl methyl sites for hydroxylation is 1. The van der Waals surface area contributed by atoms with Crippen LogP contribution in [0.1, 0.15) is 55.6 Å². The van der Waals surface area contributed by atoms with Gasteiger partial charge < -0.3 is 5.11 Å². The first-order chi connectivity index (χ1) is 7.61. The smallest absolute Gasteiger partial charge is 0.354 e. The highest BCUT2D eigenvalue weighted by molar-refractivity contribution is 5.85. The number of unbranched alkanes of at least 4 members (excludes halogenated alkanes) is 3. The number of nitrogens with zero attached hydrogens (tertiary/aromatic N) is 1. The summed E-state index contributed by atoms with van der Waals surface area (Å²) in [5.74, 6) is -0.983. The molecule has 16 heavy (non-hydrogen) atoms. The summed E-state index contributed by atoms with van der Waals surface area (Å²) in [5, 5.41) is 8.45. The highest BCUT2D eigenvalue weighted by atomic mass is 16.4. The third-order valence-electron chi connectivity index (χ3n) is 2.09. The second kappa shape index (κ2) is 8.89. The number of hydrogen-bond acceptors (Lipinski definition) is 2. The topological polar surface area (TPSA) is 50.2 Å². The normalized spacial score (nSPS) is 9.19. The molecule has 0 radical (unpaired) electrons. The van der Waals surface area contributed by atoms with Gasteiger partial charge in [0, 0.05) is 6.20 Å². The van der Waals surface area contributed by atoms with Gasteiger partial charge in [-0.3, -0.25) is 0 Å². The molecule has 0 unspecified atom stereocenters. The summed E-state index contributed by atoms with van der Waals surface area (Å²) in [5.41, 5.74) is 1.01. The Kier molecular flexibility index (Phi) is 8.12. The molecule has 90 valence electrons. The number of carboxylic acid groups (broad SMARTS) is 1. The molecule has 0 spiro atoms. The number of hydrogen-bond donors (Lipinski definition) is 1. The zero-order valence-electron chi connectivity index (χ0n) is 10.4. The second-order valence-corrected chi connectivity index (χ2v) is 3.73. The predicted molar refractivity (Wildman–Crippen MR) is 65.7 cm³/mol. The zero-order valence-corrected chi connectivity index (χ0v) is 10.4. The van der Waals surface area contributed by atoms with Crippen molar-refractivity contribution in [1.82, 2.24) is 4.98 Å². The molecule has 0 saturated carbocycles. The van der Waals surface area contributed by atoms with E-state index in [4.69, 9.17) is 5.11 Å². The van der Waals surface area contributed by atoms with Crippen molar-refractivity contribution in [2.24, 2.45) is 0 Å². The summed E-state index contributed by atoms with van der Waals surface area (Å²) in [7, 11) is 0. The van der Waals surface area contributed by atoms with Gasteiger partial charge in [0.25, 0.3) is 0 Å². The highest BCUT2D eigenvalue weighted by Gasteiger charge is 2.01. The van der Waals surface area contributed by atoms with E-state index in [2.05, 4.69) is 18.8 Å². The summed E-state index contributed by atoms with van der Waals surface area (Å²) in [6.07, 6.45) is 7.02. The lowest BCUT2D eigenvalue weighted by Gasteiger charge is -1.92. The van der Waals surface area contributed by atoms with Crippen LogP contribution < -0.4 is 0 Å². The minimum absolute atomic E-state index is 0.0972. The number of rotatable bonds is 4. The molecular formula is C13H21NO2. The molecule has 0 aliphatic rings. The molecule has 0 atom stereocenters. The Labute approximate surface area is 97.5 Å². The molecule has 0 bridgehead atoms. The SMILES string of the molecule is CCCCCC.Cc1ccnc(C(=O)O)c1. The zero-order chi connectivity index (χ0) is 12.4. The van der Waals surface area contributed by atoms with Crippen LogP contribution in [0.3, 0.4) is 0 Å². The molecule has 0 amide bonds. The molecule has 3 heteroatoms. The first kappa shape index (κ1) is 14.6. The van der Waals surface area contributed by atoms with Crippen molar-refractivity contribution in [3.8, 4) is 0 Å². The maximum Gasteiger partial charge on any atom is 0.354 e. The van der Waals surface area contributed by atoms with Crippen molar-refractivity contribution < 1.29 is 9.90 Å². The van der Waals surface area contributed by atoms with Gasteiger partial charge in [0.2, 0.25) is 0 Å². The average Bonchev–Trinajstić information content (AvgIpc) is 2.27. The lowest BCUT2D eigenvalue weighted by molar-refractivity contribution is 0.0690. The second-order valence-electron chi connectivity index (χ2n) is 3.73. The average molecular weight is 223 g/mol. The Morgan fingerprint density at radius 1 is 1.31 bits per heavy atom. The Hall–Kier alpha value is -1.38. The molecular weight excluding hydrogens is 202 g/mol. The van der Waals surface area contributed by atoms with E-state index < -0.39 is 5.97 Å². The van der Waals surface area contributed by atoms with Crippen molar-refractivity contribution in [2.75, 3.05) is 0 Å². The van der Waals surface area contributed by atoms with E-state index >= 15 is 0 Å². The van der Waals surface area contributed by atoms with Crippen LogP contribution in [0.5, 0.6) is 0 Å². The van der Waals surface area contributed by atoms with Crippen LogP contribution in [0, 0.1) is 6.92 Å². The third-order valence-corrected chi connectivity index (χ3v) is 2.09. The Morgan fingerprint density at radius 3 is 2.19 bits per heavy atom. The quantitative estimate of drug-likeness (QED) is 0.792. The molecule has 0 aliphatic heterocycles. The van der Waals surface area contributed by atoms with Crippen LogP contribution in [0.25, 0.3) is 0 Å². The molecule has 1 heterocycles. The lowest BCUT2D eigenvalue weighted by atomic mass is 10.2. The van der Waals surface area contributed by atoms with Gasteiger partial charge in [-0.05, 0) is 24.6 Å². The first-order valence-electron chi connectivity index (χ1n) is 5.77. The van der Waals surface area contributed by atoms with Crippen LogP contribution in [0.4, 0.5) is 0 Å². The van der Waals surface area contributed by atoms with E-state index in [9.17, 15) is 4.79 Å². The van der Waals surface area contributed by atoms with Crippen LogP contribution in [-0.2, 0) is 0 Å². The molecule has 0 aliphatic carbocycles. The molecule has 3 nitrogen and oxygen atoms in total. The number of pyridine rings is 1. The lowest BCUT2D eigenvalue weighted by Crippen LogP contribution is -1.99. The Bertz CT molecular complexity index is 307. The van der Waals surface area contributed by atoms with Crippen molar-refractivity contribution in [3.05, 3.63) is 29.6 Å². The van der Waals surface area contributed by atoms with Crippen molar-refractivity contribution in [1.29, 1.82) is 0 Å². The van der Waals surface area contributed by atoms with Crippen molar-refractivity contribution in [3.63, 3.8) is 0 Å². The van der Waals surface area contributed by atoms with Crippen LogP contribution in [-0.4, -0.2) is 16.1 Å². The summed E-state index contributed by atoms with van der Waals surface area (Å²) in [6, 6.07) is 3.29. The fraction of sp³-hybridized carbons (Fsp3) is 0.538. The van der Waals surface area contributed by atoms with Crippen LogP contribution in [0.15, 0.2) is 18.3 Å². The van der Waals surface area contributed by atoms with Crippen molar-refractivity contribution >= 4 is 5.97 Å². The monoisotopic (exact) mass is 223 g/mol. The van der Waals surface area contributed by atoms with Gasteiger partial charge in [-0.1, -0.05) is 39.5 Å². The maximum absolute atomic E-state index is 10.3. The van der Waals surface area contributed by atoms with E-state index in [0.717, 1.165) is 5.56 Å². The van der Waals surface area contributed by atoms with E-state index in [0.29, 0.717) is 0 Å². The standard InChI is InChI=1S/C7H7NO2.C6H14/c1-5-2-3-8-6(4-5)7(9)10;1-3-5-6-4-2/h2-4H,1H3,(H,9,10);3-6H2,1-2H3. The van der Waals surface area contributed by atoms with Gasteiger partial charge in [-0.25, -0.2) is 9.78 Å². The van der Waals surface area contributed by atoms with Gasteiger partial charge in [0.15, 0.2) is 0 Å². The molecule has 1 aromatic heterocycles. The van der Waals surface area contributed by atoms with Gasteiger partial charge >= 0.3 is 5.97 Å². The summed E-state index contributed by atoms with van der Waals surface area (Å²) in [6.45, 7) is 6.29. The van der Waals surface area contributed by atoms with E-state index in [-0.39, 0.29) is 5.69 Å². The first-order valence-corrected chi connectivity index (χ1v) is 5.77. The molecule has 1 aromatic rings. The third kappa shape index (κ3) is 6.98. The molecule has 0 aromatic carbocycles. The summed E-state index contributed by atoms with van der Waals surface area (Å²) in [4.78, 5) is 13.9. The van der Waals surface area contributed by atoms with Crippen molar-refractivity contribution in [2.45, 2.75) is 46.5 Å². The number of aromatic nitrogens is 1. The van der Waals surface area contributed by atoms with Gasteiger partial charge in [0.1, 0.15) is 5.69 Å². The van der Waals surface area contributed by atoms with Gasteiger partial charge in [-0.15, -0.1) is 0 Å². The molecule has 0 fully saturated rings. The Morgan fingerprint density at radius 2 is 1.88 bits per heavy atom. The largest absolute Gasteiger partial charge is 0.477 e.